The maximum absolute atomic E-state index is 6.00. The fraction of sp³-hybridized carbons (Fsp3) is 0.400. The summed E-state index contributed by atoms with van der Waals surface area (Å²) in [6.45, 7) is 4.57. The second kappa shape index (κ2) is 10.2. The molecule has 0 saturated heterocycles. The van der Waals surface area contributed by atoms with Crippen LogP contribution in [0.5, 0.6) is 11.5 Å². The highest BCUT2D eigenvalue weighted by Gasteiger charge is 2.06. The van der Waals surface area contributed by atoms with Gasteiger partial charge in [0, 0.05) is 11.6 Å². The molecular formula is C20H26ClNO2. The van der Waals surface area contributed by atoms with Gasteiger partial charge < -0.3 is 14.8 Å². The highest BCUT2D eigenvalue weighted by molar-refractivity contribution is 6.30. The van der Waals surface area contributed by atoms with Crippen LogP contribution < -0.4 is 14.8 Å². The van der Waals surface area contributed by atoms with E-state index in [0.717, 1.165) is 30.2 Å². The molecule has 24 heavy (non-hydrogen) atoms. The quantitative estimate of drug-likeness (QED) is 0.598. The van der Waals surface area contributed by atoms with Gasteiger partial charge in [-0.25, -0.2) is 0 Å². The van der Waals surface area contributed by atoms with Crippen LogP contribution in [0, 0.1) is 0 Å². The second-order valence-corrected chi connectivity index (χ2v) is 6.22. The summed E-state index contributed by atoms with van der Waals surface area (Å²) in [6.07, 6.45) is 3.73. The summed E-state index contributed by atoms with van der Waals surface area (Å²) in [6, 6.07) is 13.7. The number of nitrogens with one attached hydrogen (secondary N) is 1. The van der Waals surface area contributed by atoms with Crippen LogP contribution in [0.3, 0.4) is 0 Å². The first kappa shape index (κ1) is 18.6. The molecule has 0 aliphatic heterocycles. The molecule has 1 N–H and O–H groups in total. The Labute approximate surface area is 149 Å². The fourth-order valence-electron chi connectivity index (χ4n) is 2.46. The highest BCUT2D eigenvalue weighted by Crippen LogP contribution is 2.29. The third-order valence-corrected chi connectivity index (χ3v) is 4.03. The number of hydrogen-bond acceptors (Lipinski definition) is 3. The van der Waals surface area contributed by atoms with E-state index in [9.17, 15) is 0 Å². The summed E-state index contributed by atoms with van der Waals surface area (Å²) >= 11 is 6.00. The lowest BCUT2D eigenvalue weighted by Gasteiger charge is -2.13. The molecule has 130 valence electrons. The molecule has 3 nitrogen and oxygen atoms in total. The number of methoxy groups -OCH3 is 1. The van der Waals surface area contributed by atoms with Gasteiger partial charge in [0.1, 0.15) is 6.61 Å². The first-order valence-electron chi connectivity index (χ1n) is 8.47. The van der Waals surface area contributed by atoms with Gasteiger partial charge >= 0.3 is 0 Å². The van der Waals surface area contributed by atoms with Gasteiger partial charge in [0.05, 0.1) is 7.11 Å². The van der Waals surface area contributed by atoms with Crippen molar-refractivity contribution in [2.24, 2.45) is 0 Å². The molecule has 0 aromatic heterocycles. The van der Waals surface area contributed by atoms with Crippen LogP contribution in [0.25, 0.3) is 0 Å². The van der Waals surface area contributed by atoms with Gasteiger partial charge in [0.25, 0.3) is 0 Å². The van der Waals surface area contributed by atoms with Crippen molar-refractivity contribution in [2.45, 2.75) is 39.3 Å². The van der Waals surface area contributed by atoms with E-state index in [0.29, 0.717) is 11.6 Å². The van der Waals surface area contributed by atoms with E-state index in [1.54, 1.807) is 7.11 Å². The van der Waals surface area contributed by atoms with Crippen LogP contribution in [-0.4, -0.2) is 13.7 Å². The van der Waals surface area contributed by atoms with Gasteiger partial charge in [-0.05, 0) is 48.4 Å². The first-order chi connectivity index (χ1) is 11.7. The Morgan fingerprint density at radius 2 is 1.88 bits per heavy atom. The van der Waals surface area contributed by atoms with E-state index in [1.807, 2.05) is 36.4 Å². The first-order valence-corrected chi connectivity index (χ1v) is 8.85. The Balaban J connectivity index is 1.91. The van der Waals surface area contributed by atoms with Gasteiger partial charge in [-0.2, -0.15) is 0 Å². The molecule has 4 heteroatoms. The van der Waals surface area contributed by atoms with Crippen molar-refractivity contribution >= 4 is 11.6 Å². The molecule has 0 aliphatic carbocycles. The Kier molecular flexibility index (Phi) is 7.93. The third-order valence-electron chi connectivity index (χ3n) is 3.80. The minimum Gasteiger partial charge on any atom is -0.493 e. The van der Waals surface area contributed by atoms with Gasteiger partial charge in [-0.15, -0.1) is 0 Å². The van der Waals surface area contributed by atoms with Crippen LogP contribution in [0.1, 0.15) is 37.3 Å². The van der Waals surface area contributed by atoms with Gasteiger partial charge in [0.15, 0.2) is 11.5 Å². The molecule has 0 heterocycles. The lowest BCUT2D eigenvalue weighted by atomic mass is 10.2. The predicted octanol–water partition coefficient (Wildman–Crippen LogP) is 5.21. The number of unbranched alkanes of at least 4 members (excludes halogenated alkanes) is 2. The van der Waals surface area contributed by atoms with E-state index in [-0.39, 0.29) is 0 Å². The topological polar surface area (TPSA) is 30.5 Å². The standard InChI is InChI=1S/C20H26ClNO2/c1-3-4-5-11-22-14-16-9-10-19(20(13-16)23-2)24-15-17-7-6-8-18(21)12-17/h6-10,12-13,22H,3-5,11,14-15H2,1-2H3. The minimum absolute atomic E-state index is 0.464. The van der Waals surface area contributed by atoms with Crippen molar-refractivity contribution in [3.8, 4) is 11.5 Å². The molecular weight excluding hydrogens is 322 g/mol. The summed E-state index contributed by atoms with van der Waals surface area (Å²) < 4.78 is 11.3. The zero-order valence-electron chi connectivity index (χ0n) is 14.5. The number of ether oxygens (including phenoxy) is 2. The summed E-state index contributed by atoms with van der Waals surface area (Å²) in [4.78, 5) is 0. The maximum Gasteiger partial charge on any atom is 0.161 e. The molecule has 2 rings (SSSR count). The smallest absolute Gasteiger partial charge is 0.161 e. The largest absolute Gasteiger partial charge is 0.493 e. The van der Waals surface area contributed by atoms with Crippen molar-refractivity contribution in [1.82, 2.24) is 5.32 Å². The summed E-state index contributed by atoms with van der Waals surface area (Å²) in [7, 11) is 1.67. The van der Waals surface area contributed by atoms with Crippen molar-refractivity contribution in [3.63, 3.8) is 0 Å². The van der Waals surface area contributed by atoms with Crippen LogP contribution in [0.2, 0.25) is 5.02 Å². The van der Waals surface area contributed by atoms with Crippen LogP contribution >= 0.6 is 11.6 Å². The van der Waals surface area contributed by atoms with Crippen LogP contribution in [-0.2, 0) is 13.2 Å². The molecule has 0 aliphatic rings. The maximum atomic E-state index is 6.00. The molecule has 0 unspecified atom stereocenters. The molecule has 0 bridgehead atoms. The van der Waals surface area contributed by atoms with Gasteiger partial charge in [-0.1, -0.05) is 49.6 Å². The van der Waals surface area contributed by atoms with Crippen molar-refractivity contribution in [2.75, 3.05) is 13.7 Å². The molecule has 0 spiro atoms. The average molecular weight is 348 g/mol. The van der Waals surface area contributed by atoms with Gasteiger partial charge in [0.2, 0.25) is 0 Å². The van der Waals surface area contributed by atoms with Crippen LogP contribution in [0.15, 0.2) is 42.5 Å². The molecule has 2 aromatic rings. The van der Waals surface area contributed by atoms with E-state index in [4.69, 9.17) is 21.1 Å². The normalized spacial score (nSPS) is 10.6. The predicted molar refractivity (Wildman–Crippen MR) is 100 cm³/mol. The van der Waals surface area contributed by atoms with E-state index < -0.39 is 0 Å². The SMILES string of the molecule is CCCCCNCc1ccc(OCc2cccc(Cl)c2)c(OC)c1. The number of benzene rings is 2. The fourth-order valence-corrected chi connectivity index (χ4v) is 2.67. The molecule has 0 amide bonds. The second-order valence-electron chi connectivity index (χ2n) is 5.79. The Morgan fingerprint density at radius 3 is 2.62 bits per heavy atom. The van der Waals surface area contributed by atoms with E-state index >= 15 is 0 Å². The summed E-state index contributed by atoms with van der Waals surface area (Å²) in [5.74, 6) is 1.50. The van der Waals surface area contributed by atoms with Crippen molar-refractivity contribution in [1.29, 1.82) is 0 Å². The zero-order chi connectivity index (χ0) is 17.2. The van der Waals surface area contributed by atoms with Crippen LogP contribution in [0.4, 0.5) is 0 Å². The van der Waals surface area contributed by atoms with E-state index in [2.05, 4.69) is 18.3 Å². The van der Waals surface area contributed by atoms with E-state index in [1.165, 1.54) is 24.8 Å². The highest BCUT2D eigenvalue weighted by atomic mass is 35.5. The number of halogens is 1. The average Bonchev–Trinajstić information content (AvgIpc) is 2.60. The summed E-state index contributed by atoms with van der Waals surface area (Å²) in [5.41, 5.74) is 2.23. The zero-order valence-corrected chi connectivity index (χ0v) is 15.2. The molecule has 0 fully saturated rings. The molecule has 2 aromatic carbocycles. The molecule has 0 radical (unpaired) electrons. The summed E-state index contributed by atoms with van der Waals surface area (Å²) in [5, 5.41) is 4.18. The van der Waals surface area contributed by atoms with Gasteiger partial charge in [-0.3, -0.25) is 0 Å². The lowest BCUT2D eigenvalue weighted by molar-refractivity contribution is 0.284. The van der Waals surface area contributed by atoms with Crippen molar-refractivity contribution in [3.05, 3.63) is 58.6 Å². The minimum atomic E-state index is 0.464. The number of rotatable bonds is 10. The monoisotopic (exact) mass is 347 g/mol. The Bertz CT molecular complexity index is 631. The lowest BCUT2D eigenvalue weighted by Crippen LogP contribution is -2.14. The van der Waals surface area contributed by atoms with Crippen molar-refractivity contribution < 1.29 is 9.47 Å². The Hall–Kier alpha value is -1.71. The number of hydrogen-bond donors (Lipinski definition) is 1. The Morgan fingerprint density at radius 1 is 1.00 bits per heavy atom. The third kappa shape index (κ3) is 6.06. The molecule has 0 atom stereocenters. The molecule has 0 saturated carbocycles.